The SMILES string of the molecule is CC(N)(CCCSc1nncs1)C(N)=O. The van der Waals surface area contributed by atoms with Gasteiger partial charge in [-0.25, -0.2) is 0 Å². The number of thioether (sulfide) groups is 1. The van der Waals surface area contributed by atoms with E-state index in [9.17, 15) is 4.79 Å². The van der Waals surface area contributed by atoms with Crippen LogP contribution >= 0.6 is 23.1 Å². The minimum absolute atomic E-state index is 0.455. The molecule has 1 aromatic rings. The molecule has 1 heterocycles. The second kappa shape index (κ2) is 5.43. The molecule has 1 unspecified atom stereocenters. The zero-order valence-electron chi connectivity index (χ0n) is 8.47. The molecule has 0 fully saturated rings. The molecule has 0 aliphatic rings. The van der Waals surface area contributed by atoms with E-state index < -0.39 is 11.4 Å². The van der Waals surface area contributed by atoms with Crippen LogP contribution in [0.25, 0.3) is 0 Å². The normalized spacial score (nSPS) is 14.8. The molecule has 0 bridgehead atoms. The van der Waals surface area contributed by atoms with Gasteiger partial charge in [0, 0.05) is 5.75 Å². The molecule has 7 heteroatoms. The zero-order valence-corrected chi connectivity index (χ0v) is 10.1. The summed E-state index contributed by atoms with van der Waals surface area (Å²) in [6, 6.07) is 0. The maximum absolute atomic E-state index is 10.9. The van der Waals surface area contributed by atoms with Gasteiger partial charge in [0.05, 0.1) is 5.54 Å². The number of rotatable bonds is 6. The quantitative estimate of drug-likeness (QED) is 0.566. The summed E-state index contributed by atoms with van der Waals surface area (Å²) in [6.45, 7) is 1.66. The van der Waals surface area contributed by atoms with Crippen LogP contribution in [0.5, 0.6) is 0 Å². The molecule has 1 aromatic heterocycles. The van der Waals surface area contributed by atoms with Crippen molar-refractivity contribution in [2.75, 3.05) is 5.75 Å². The Kier molecular flexibility index (Phi) is 4.49. The van der Waals surface area contributed by atoms with Crippen LogP contribution in [0.2, 0.25) is 0 Å². The molecular weight excluding hydrogens is 232 g/mol. The van der Waals surface area contributed by atoms with E-state index in [0.717, 1.165) is 16.5 Å². The molecule has 5 nitrogen and oxygen atoms in total. The van der Waals surface area contributed by atoms with Crippen LogP contribution < -0.4 is 11.5 Å². The van der Waals surface area contributed by atoms with Gasteiger partial charge in [-0.3, -0.25) is 4.79 Å². The Morgan fingerprint density at radius 2 is 2.47 bits per heavy atom. The van der Waals surface area contributed by atoms with Crippen molar-refractivity contribution in [3.05, 3.63) is 5.51 Å². The number of nitrogens with zero attached hydrogens (tertiary/aromatic N) is 2. The standard InChI is InChI=1S/C8H14N4OS2/c1-8(10,6(9)13)3-2-4-14-7-12-11-5-15-7/h5H,2-4,10H2,1H3,(H2,9,13). The van der Waals surface area contributed by atoms with Crippen molar-refractivity contribution in [2.24, 2.45) is 11.5 Å². The van der Waals surface area contributed by atoms with Gasteiger partial charge in [0.25, 0.3) is 0 Å². The third kappa shape index (κ3) is 4.15. The van der Waals surface area contributed by atoms with E-state index in [4.69, 9.17) is 11.5 Å². The summed E-state index contributed by atoms with van der Waals surface area (Å²) in [6.07, 6.45) is 1.42. The Morgan fingerprint density at radius 1 is 1.73 bits per heavy atom. The highest BCUT2D eigenvalue weighted by atomic mass is 32.2. The highest BCUT2D eigenvalue weighted by Crippen LogP contribution is 2.21. The monoisotopic (exact) mass is 246 g/mol. The Morgan fingerprint density at radius 3 is 3.00 bits per heavy atom. The summed E-state index contributed by atoms with van der Waals surface area (Å²) in [7, 11) is 0. The van der Waals surface area contributed by atoms with Crippen LogP contribution in [-0.2, 0) is 4.79 Å². The zero-order chi connectivity index (χ0) is 11.3. The molecule has 1 atom stereocenters. The fourth-order valence-corrected chi connectivity index (χ4v) is 2.45. The van der Waals surface area contributed by atoms with Crippen LogP contribution in [0.4, 0.5) is 0 Å². The smallest absolute Gasteiger partial charge is 0.237 e. The molecule has 0 aliphatic heterocycles. The summed E-state index contributed by atoms with van der Waals surface area (Å²) in [4.78, 5) is 10.9. The first-order valence-corrected chi connectivity index (χ1v) is 6.36. The van der Waals surface area contributed by atoms with Crippen LogP contribution in [-0.4, -0.2) is 27.4 Å². The van der Waals surface area contributed by atoms with Crippen molar-refractivity contribution in [3.8, 4) is 0 Å². The molecule has 0 spiro atoms. The van der Waals surface area contributed by atoms with Crippen molar-refractivity contribution in [3.63, 3.8) is 0 Å². The molecule has 1 amide bonds. The van der Waals surface area contributed by atoms with E-state index in [-0.39, 0.29) is 0 Å². The van der Waals surface area contributed by atoms with Crippen molar-refractivity contribution in [2.45, 2.75) is 29.6 Å². The first kappa shape index (κ1) is 12.4. The number of carbonyl (C=O) groups excluding carboxylic acids is 1. The number of hydrogen-bond donors (Lipinski definition) is 2. The van der Waals surface area contributed by atoms with Crippen LogP contribution in [0.15, 0.2) is 9.85 Å². The third-order valence-electron chi connectivity index (χ3n) is 1.97. The molecule has 1 rings (SSSR count). The molecule has 0 saturated heterocycles. The molecule has 0 aromatic carbocycles. The highest BCUT2D eigenvalue weighted by Gasteiger charge is 2.24. The number of aromatic nitrogens is 2. The van der Waals surface area contributed by atoms with Crippen LogP contribution in [0, 0.1) is 0 Å². The Hall–Kier alpha value is -0.660. The maximum atomic E-state index is 10.9. The van der Waals surface area contributed by atoms with Crippen LogP contribution in [0.1, 0.15) is 19.8 Å². The van der Waals surface area contributed by atoms with Crippen molar-refractivity contribution in [1.29, 1.82) is 0 Å². The average molecular weight is 246 g/mol. The Labute approximate surface area is 96.6 Å². The molecule has 4 N–H and O–H groups in total. The number of primary amides is 1. The summed E-state index contributed by atoms with van der Waals surface area (Å²) in [5.74, 6) is 0.415. The fourth-order valence-electron chi connectivity index (χ4n) is 0.948. The summed E-state index contributed by atoms with van der Waals surface area (Å²) in [5, 5.41) is 7.62. The predicted octanol–water partition coefficient (Wildman–Crippen LogP) is 0.613. The second-order valence-electron chi connectivity index (χ2n) is 3.44. The van der Waals surface area contributed by atoms with Crippen molar-refractivity contribution in [1.82, 2.24) is 10.2 Å². The van der Waals surface area contributed by atoms with Gasteiger partial charge in [0.2, 0.25) is 5.91 Å². The molecular formula is C8H14N4OS2. The lowest BCUT2D eigenvalue weighted by atomic mass is 9.97. The highest BCUT2D eigenvalue weighted by molar-refractivity contribution is 8.00. The lowest BCUT2D eigenvalue weighted by Crippen LogP contribution is -2.49. The predicted molar refractivity (Wildman–Crippen MR) is 61.7 cm³/mol. The largest absolute Gasteiger partial charge is 0.368 e. The fraction of sp³-hybridized carbons (Fsp3) is 0.625. The average Bonchev–Trinajstić information content (AvgIpc) is 2.64. The molecule has 0 saturated carbocycles. The Balaban J connectivity index is 2.19. The number of nitrogens with two attached hydrogens (primary N) is 2. The van der Waals surface area contributed by atoms with E-state index >= 15 is 0 Å². The molecule has 0 aliphatic carbocycles. The molecule has 0 radical (unpaired) electrons. The molecule has 15 heavy (non-hydrogen) atoms. The van der Waals surface area contributed by atoms with Gasteiger partial charge in [-0.15, -0.1) is 10.2 Å². The number of carbonyl (C=O) groups is 1. The number of amides is 1. The van der Waals surface area contributed by atoms with Gasteiger partial charge in [0.15, 0.2) is 4.34 Å². The second-order valence-corrected chi connectivity index (χ2v) is 5.61. The van der Waals surface area contributed by atoms with Gasteiger partial charge in [-0.05, 0) is 19.8 Å². The van der Waals surface area contributed by atoms with E-state index in [0.29, 0.717) is 6.42 Å². The van der Waals surface area contributed by atoms with Gasteiger partial charge in [-0.2, -0.15) is 0 Å². The van der Waals surface area contributed by atoms with Crippen LogP contribution in [0.3, 0.4) is 0 Å². The van der Waals surface area contributed by atoms with E-state index in [1.165, 1.54) is 11.3 Å². The van der Waals surface area contributed by atoms with Gasteiger partial charge in [-0.1, -0.05) is 23.1 Å². The number of hydrogen-bond acceptors (Lipinski definition) is 6. The van der Waals surface area contributed by atoms with Crippen molar-refractivity contribution < 1.29 is 4.79 Å². The maximum Gasteiger partial charge on any atom is 0.237 e. The van der Waals surface area contributed by atoms with E-state index in [2.05, 4.69) is 10.2 Å². The van der Waals surface area contributed by atoms with Gasteiger partial charge in [0.1, 0.15) is 5.51 Å². The minimum atomic E-state index is -0.901. The van der Waals surface area contributed by atoms with E-state index in [1.807, 2.05) is 0 Å². The Bertz CT molecular complexity index is 312. The van der Waals surface area contributed by atoms with E-state index in [1.54, 1.807) is 24.2 Å². The summed E-state index contributed by atoms with van der Waals surface area (Å²) in [5.41, 5.74) is 11.7. The van der Waals surface area contributed by atoms with Crippen molar-refractivity contribution >= 4 is 29.0 Å². The summed E-state index contributed by atoms with van der Waals surface area (Å²) < 4.78 is 0.938. The van der Waals surface area contributed by atoms with Gasteiger partial charge < -0.3 is 11.5 Å². The first-order chi connectivity index (χ1) is 7.02. The lowest BCUT2D eigenvalue weighted by molar-refractivity contribution is -0.122. The third-order valence-corrected chi connectivity index (χ3v) is 3.92. The minimum Gasteiger partial charge on any atom is -0.368 e. The molecule has 84 valence electrons. The van der Waals surface area contributed by atoms with Gasteiger partial charge >= 0.3 is 0 Å². The topological polar surface area (TPSA) is 94.9 Å². The summed E-state index contributed by atoms with van der Waals surface area (Å²) >= 11 is 3.12. The lowest BCUT2D eigenvalue weighted by Gasteiger charge is -2.19. The first-order valence-electron chi connectivity index (χ1n) is 4.50.